The second-order valence-electron chi connectivity index (χ2n) is 6.78. The van der Waals surface area contributed by atoms with Gasteiger partial charge in [-0.05, 0) is 51.2 Å². The molecule has 3 heterocycles. The Bertz CT molecular complexity index is 1280. The lowest BCUT2D eigenvalue weighted by atomic mass is 10.2. The van der Waals surface area contributed by atoms with Crippen LogP contribution in [0.4, 0.5) is 11.5 Å². The average Bonchev–Trinajstić information content (AvgIpc) is 3.38. The molecule has 0 saturated carbocycles. The number of nitrogens with one attached hydrogen (secondary N) is 3. The number of nitrogens with zero attached hydrogens (tertiary/aromatic N) is 2. The Morgan fingerprint density at radius 3 is 2.73 bits per heavy atom. The van der Waals surface area contributed by atoms with E-state index >= 15 is 0 Å². The Kier molecular flexibility index (Phi) is 5.18. The molecule has 0 saturated heterocycles. The monoisotopic (exact) mass is 427 g/mol. The number of hydrogen-bond donors (Lipinski definition) is 3. The molecule has 1 aromatic carbocycles. The van der Waals surface area contributed by atoms with Gasteiger partial charge in [0.25, 0.3) is 0 Å². The summed E-state index contributed by atoms with van der Waals surface area (Å²) in [6, 6.07) is 8.26. The zero-order chi connectivity index (χ0) is 21.3. The van der Waals surface area contributed by atoms with E-state index in [1.165, 1.54) is 25.5 Å². The Balaban J connectivity index is 1.85. The molecule has 0 amide bonds. The predicted octanol–water partition coefficient (Wildman–Crippen LogP) is 3.66. The van der Waals surface area contributed by atoms with Crippen LogP contribution in [-0.2, 0) is 10.0 Å². The van der Waals surface area contributed by atoms with Gasteiger partial charge < -0.3 is 19.5 Å². The maximum absolute atomic E-state index is 12.3. The molecule has 10 heteroatoms. The lowest BCUT2D eigenvalue weighted by Crippen LogP contribution is -2.19. The van der Waals surface area contributed by atoms with Crippen LogP contribution < -0.4 is 14.8 Å². The van der Waals surface area contributed by atoms with Crippen LogP contribution in [0.2, 0.25) is 0 Å². The largest absolute Gasteiger partial charge is 0.489 e. The molecule has 3 N–H and O–H groups in total. The number of hydrogen-bond acceptors (Lipinski definition) is 7. The number of ether oxygens (including phenoxy) is 1. The van der Waals surface area contributed by atoms with Crippen LogP contribution in [-0.4, -0.2) is 36.5 Å². The molecule has 30 heavy (non-hydrogen) atoms. The number of benzene rings is 1. The van der Waals surface area contributed by atoms with Crippen LogP contribution in [0.5, 0.6) is 5.75 Å². The molecule has 0 atom stereocenters. The van der Waals surface area contributed by atoms with Crippen molar-refractivity contribution in [2.45, 2.75) is 24.8 Å². The maximum Gasteiger partial charge on any atom is 0.240 e. The summed E-state index contributed by atoms with van der Waals surface area (Å²) in [6.45, 7) is 3.79. The van der Waals surface area contributed by atoms with Crippen LogP contribution in [0.15, 0.2) is 58.4 Å². The van der Waals surface area contributed by atoms with Gasteiger partial charge >= 0.3 is 0 Å². The fraction of sp³-hybridized carbons (Fsp3) is 0.200. The Morgan fingerprint density at radius 1 is 1.20 bits per heavy atom. The highest BCUT2D eigenvalue weighted by molar-refractivity contribution is 7.89. The summed E-state index contributed by atoms with van der Waals surface area (Å²) in [7, 11) is -2.27. The zero-order valence-corrected chi connectivity index (χ0v) is 17.4. The zero-order valence-electron chi connectivity index (χ0n) is 16.6. The van der Waals surface area contributed by atoms with E-state index in [9.17, 15) is 8.42 Å². The smallest absolute Gasteiger partial charge is 0.240 e. The van der Waals surface area contributed by atoms with Crippen molar-refractivity contribution >= 4 is 32.6 Å². The molecule has 0 aliphatic heterocycles. The van der Waals surface area contributed by atoms with Gasteiger partial charge in [-0.3, -0.25) is 0 Å². The quantitative estimate of drug-likeness (QED) is 0.411. The molecular weight excluding hydrogens is 406 g/mol. The summed E-state index contributed by atoms with van der Waals surface area (Å²) in [5.74, 6) is 1.64. The normalized spacial score (nSPS) is 11.9. The molecule has 0 aliphatic carbocycles. The first kappa shape index (κ1) is 19.9. The molecule has 0 fully saturated rings. The van der Waals surface area contributed by atoms with Crippen molar-refractivity contribution < 1.29 is 17.6 Å². The third-order valence-corrected chi connectivity index (χ3v) is 5.81. The van der Waals surface area contributed by atoms with Gasteiger partial charge in [-0.1, -0.05) is 0 Å². The van der Waals surface area contributed by atoms with E-state index in [4.69, 9.17) is 9.15 Å². The highest BCUT2D eigenvalue weighted by Gasteiger charge is 2.19. The average molecular weight is 427 g/mol. The van der Waals surface area contributed by atoms with Gasteiger partial charge in [-0.15, -0.1) is 0 Å². The molecular formula is C20H21N5O4S. The molecule has 3 aromatic heterocycles. The first-order chi connectivity index (χ1) is 14.4. The number of aromatic amines is 1. The van der Waals surface area contributed by atoms with Gasteiger partial charge in [-0.25, -0.2) is 23.1 Å². The first-order valence-electron chi connectivity index (χ1n) is 9.26. The number of anilines is 2. The van der Waals surface area contributed by atoms with Gasteiger partial charge in [0.1, 0.15) is 29.3 Å². The number of aromatic nitrogens is 3. The molecule has 156 valence electrons. The second-order valence-corrected chi connectivity index (χ2v) is 8.67. The van der Waals surface area contributed by atoms with Gasteiger partial charge in [-0.2, -0.15) is 0 Å². The van der Waals surface area contributed by atoms with Crippen molar-refractivity contribution in [2.75, 3.05) is 12.4 Å². The van der Waals surface area contributed by atoms with E-state index < -0.39 is 10.0 Å². The fourth-order valence-electron chi connectivity index (χ4n) is 3.06. The third kappa shape index (κ3) is 3.74. The van der Waals surface area contributed by atoms with Crippen molar-refractivity contribution in [3.8, 4) is 17.1 Å². The van der Waals surface area contributed by atoms with E-state index in [0.717, 1.165) is 5.56 Å². The van der Waals surface area contributed by atoms with Crippen LogP contribution >= 0.6 is 0 Å². The third-order valence-electron chi connectivity index (χ3n) is 4.40. The molecule has 9 nitrogen and oxygen atoms in total. The van der Waals surface area contributed by atoms with E-state index in [-0.39, 0.29) is 11.0 Å². The lowest BCUT2D eigenvalue weighted by Gasteiger charge is -2.17. The Hall–Kier alpha value is -3.37. The number of sulfonamides is 1. The van der Waals surface area contributed by atoms with Crippen LogP contribution in [0, 0.1) is 0 Å². The first-order valence-corrected chi connectivity index (χ1v) is 10.7. The number of furan rings is 1. The number of fused-ring (bicyclic) bond motifs is 1. The molecule has 0 radical (unpaired) electrons. The summed E-state index contributed by atoms with van der Waals surface area (Å²) in [5, 5.41) is 3.93. The molecule has 0 bridgehead atoms. The SMILES string of the molecule is CNS(=O)(=O)c1ccc(OC(C)C)c(Nc2ncnc3[nH]cc(-c4ccco4)c23)c1. The van der Waals surface area contributed by atoms with Crippen LogP contribution in [0.25, 0.3) is 22.4 Å². The Morgan fingerprint density at radius 2 is 2.03 bits per heavy atom. The fourth-order valence-corrected chi connectivity index (χ4v) is 3.82. The predicted molar refractivity (Wildman–Crippen MR) is 113 cm³/mol. The highest BCUT2D eigenvalue weighted by atomic mass is 32.2. The number of rotatable bonds is 7. The minimum Gasteiger partial charge on any atom is -0.489 e. The minimum atomic E-state index is -3.63. The standard InChI is InChI=1S/C20H21N5O4S/c1-12(2)29-17-7-6-13(30(26,27)21-3)9-15(17)25-20-18-14(16-5-4-8-28-16)10-22-19(18)23-11-24-20/h4-12,21H,1-3H3,(H2,22,23,24,25). The van der Waals surface area contributed by atoms with E-state index in [2.05, 4.69) is 25.0 Å². The van der Waals surface area contributed by atoms with Crippen molar-refractivity contribution in [2.24, 2.45) is 0 Å². The summed E-state index contributed by atoms with van der Waals surface area (Å²) >= 11 is 0. The van der Waals surface area contributed by atoms with Crippen molar-refractivity contribution in [1.29, 1.82) is 0 Å². The van der Waals surface area contributed by atoms with Gasteiger partial charge in [0.15, 0.2) is 0 Å². The van der Waals surface area contributed by atoms with Crippen LogP contribution in [0.1, 0.15) is 13.8 Å². The van der Waals surface area contributed by atoms with Gasteiger partial charge in [0.05, 0.1) is 28.3 Å². The van der Waals surface area contributed by atoms with Gasteiger partial charge in [0, 0.05) is 11.8 Å². The summed E-state index contributed by atoms with van der Waals surface area (Å²) in [6.07, 6.45) is 4.70. The van der Waals surface area contributed by atoms with Crippen molar-refractivity contribution in [3.05, 3.63) is 49.1 Å². The van der Waals surface area contributed by atoms with E-state index in [0.29, 0.717) is 34.0 Å². The topological polar surface area (TPSA) is 122 Å². The summed E-state index contributed by atoms with van der Waals surface area (Å²) < 4.78 is 38.3. The second kappa shape index (κ2) is 7.81. The van der Waals surface area contributed by atoms with E-state index in [1.807, 2.05) is 19.9 Å². The molecule has 4 aromatic rings. The van der Waals surface area contributed by atoms with Crippen LogP contribution in [0.3, 0.4) is 0 Å². The van der Waals surface area contributed by atoms with Crippen molar-refractivity contribution in [1.82, 2.24) is 19.7 Å². The Labute approximate surface area is 173 Å². The molecule has 4 rings (SSSR count). The van der Waals surface area contributed by atoms with Gasteiger partial charge in [0.2, 0.25) is 10.0 Å². The summed E-state index contributed by atoms with van der Waals surface area (Å²) in [4.78, 5) is 11.9. The summed E-state index contributed by atoms with van der Waals surface area (Å²) in [5.41, 5.74) is 1.86. The molecule has 0 unspecified atom stereocenters. The minimum absolute atomic E-state index is 0.103. The lowest BCUT2D eigenvalue weighted by molar-refractivity contribution is 0.243. The number of H-pyrrole nitrogens is 1. The van der Waals surface area contributed by atoms with Crippen molar-refractivity contribution in [3.63, 3.8) is 0 Å². The maximum atomic E-state index is 12.3. The molecule has 0 aliphatic rings. The highest BCUT2D eigenvalue weighted by Crippen LogP contribution is 2.36. The molecule has 0 spiro atoms. The van der Waals surface area contributed by atoms with E-state index in [1.54, 1.807) is 24.6 Å².